The molecule has 1 aromatic rings. The first-order valence-electron chi connectivity index (χ1n) is 5.64. The number of halogens is 1. The van der Waals surface area contributed by atoms with Crippen LogP contribution in [0.3, 0.4) is 0 Å². The molecule has 3 heteroatoms. The summed E-state index contributed by atoms with van der Waals surface area (Å²) in [5, 5.41) is 3.45. The Morgan fingerprint density at radius 1 is 1.31 bits per heavy atom. The van der Waals surface area contributed by atoms with Crippen LogP contribution in [0.4, 0.5) is 4.39 Å². The van der Waals surface area contributed by atoms with Crippen LogP contribution in [0.15, 0.2) is 23.1 Å². The van der Waals surface area contributed by atoms with Gasteiger partial charge in [-0.3, -0.25) is 0 Å². The average Bonchev–Trinajstić information content (AvgIpc) is 2.22. The highest BCUT2D eigenvalue weighted by Gasteiger charge is 2.12. The Hall–Kier alpha value is -0.540. The molecule has 0 amide bonds. The van der Waals surface area contributed by atoms with Crippen LogP contribution >= 0.6 is 11.8 Å². The minimum absolute atomic E-state index is 0.106. The first kappa shape index (κ1) is 13.5. The lowest BCUT2D eigenvalue weighted by atomic mass is 10.2. The fourth-order valence-corrected chi connectivity index (χ4v) is 2.28. The Labute approximate surface area is 102 Å². The van der Waals surface area contributed by atoms with E-state index < -0.39 is 0 Å². The molecule has 1 atom stereocenters. The number of benzene rings is 1. The number of nitrogens with one attached hydrogen (secondary N) is 1. The second-order valence-electron chi connectivity index (χ2n) is 4.36. The molecule has 1 rings (SSSR count). The molecule has 0 aromatic heterocycles. The molecule has 0 saturated heterocycles. The van der Waals surface area contributed by atoms with Crippen molar-refractivity contribution in [1.82, 2.24) is 5.32 Å². The Morgan fingerprint density at radius 2 is 2.00 bits per heavy atom. The van der Waals surface area contributed by atoms with E-state index in [1.54, 1.807) is 17.8 Å². The zero-order valence-corrected chi connectivity index (χ0v) is 11.2. The minimum Gasteiger partial charge on any atom is -0.316 e. The molecule has 0 bridgehead atoms. The molecule has 1 nitrogen and oxygen atoms in total. The topological polar surface area (TPSA) is 12.0 Å². The van der Waals surface area contributed by atoms with Crippen LogP contribution in [0.2, 0.25) is 0 Å². The molecule has 0 spiro atoms. The zero-order valence-electron chi connectivity index (χ0n) is 10.4. The highest BCUT2D eigenvalue weighted by molar-refractivity contribution is 8.00. The second kappa shape index (κ2) is 6.26. The molecule has 0 heterocycles. The smallest absolute Gasteiger partial charge is 0.137 e. The van der Waals surface area contributed by atoms with Gasteiger partial charge in [-0.2, -0.15) is 0 Å². The van der Waals surface area contributed by atoms with Gasteiger partial charge in [0, 0.05) is 16.7 Å². The van der Waals surface area contributed by atoms with Gasteiger partial charge in [-0.15, -0.1) is 11.8 Å². The van der Waals surface area contributed by atoms with Gasteiger partial charge in [-0.05, 0) is 30.7 Å². The summed E-state index contributed by atoms with van der Waals surface area (Å²) >= 11 is 1.61. The summed E-state index contributed by atoms with van der Waals surface area (Å²) in [5.41, 5.74) is 0.988. The molecular weight excluding hydrogens is 221 g/mol. The van der Waals surface area contributed by atoms with Gasteiger partial charge in [0.15, 0.2) is 0 Å². The SMILES string of the molecule is CNCc1ccc(SC(C)C(C)C)c(F)c1. The molecule has 0 aliphatic rings. The van der Waals surface area contributed by atoms with Crippen molar-refractivity contribution < 1.29 is 4.39 Å². The van der Waals surface area contributed by atoms with Crippen molar-refractivity contribution in [3.05, 3.63) is 29.6 Å². The fourth-order valence-electron chi connectivity index (χ4n) is 1.29. The molecule has 1 aromatic carbocycles. The number of hydrogen-bond donors (Lipinski definition) is 1. The Bertz CT molecular complexity index is 339. The van der Waals surface area contributed by atoms with E-state index in [2.05, 4.69) is 26.1 Å². The standard InChI is InChI=1S/C13H20FNS/c1-9(2)10(3)16-13-6-5-11(8-15-4)7-12(13)14/h5-7,9-10,15H,8H2,1-4H3. The summed E-state index contributed by atoms with van der Waals surface area (Å²) in [6, 6.07) is 5.48. The van der Waals surface area contributed by atoms with Crippen LogP contribution < -0.4 is 5.32 Å². The van der Waals surface area contributed by atoms with E-state index in [9.17, 15) is 4.39 Å². The quantitative estimate of drug-likeness (QED) is 0.789. The van der Waals surface area contributed by atoms with Gasteiger partial charge in [-0.25, -0.2) is 4.39 Å². The van der Waals surface area contributed by atoms with Crippen molar-refractivity contribution in [1.29, 1.82) is 0 Å². The summed E-state index contributed by atoms with van der Waals surface area (Å²) in [7, 11) is 1.86. The third-order valence-corrected chi connectivity index (χ3v) is 4.13. The molecule has 0 aliphatic heterocycles. The molecule has 0 fully saturated rings. The Morgan fingerprint density at radius 3 is 2.50 bits per heavy atom. The summed E-state index contributed by atoms with van der Waals surface area (Å²) < 4.78 is 13.7. The van der Waals surface area contributed by atoms with Crippen LogP contribution in [-0.4, -0.2) is 12.3 Å². The van der Waals surface area contributed by atoms with E-state index >= 15 is 0 Å². The molecule has 1 N–H and O–H groups in total. The largest absolute Gasteiger partial charge is 0.316 e. The minimum atomic E-state index is -0.106. The van der Waals surface area contributed by atoms with E-state index in [0.29, 0.717) is 17.7 Å². The van der Waals surface area contributed by atoms with Gasteiger partial charge in [0.05, 0.1) is 0 Å². The van der Waals surface area contributed by atoms with Gasteiger partial charge < -0.3 is 5.32 Å². The number of hydrogen-bond acceptors (Lipinski definition) is 2. The highest BCUT2D eigenvalue weighted by Crippen LogP contribution is 2.30. The van der Waals surface area contributed by atoms with Crippen molar-refractivity contribution in [3.63, 3.8) is 0 Å². The maximum absolute atomic E-state index is 13.7. The molecule has 0 radical (unpaired) electrons. The normalized spacial score (nSPS) is 13.1. The van der Waals surface area contributed by atoms with Gasteiger partial charge in [0.1, 0.15) is 5.82 Å². The van der Waals surface area contributed by atoms with Gasteiger partial charge in [0.2, 0.25) is 0 Å². The number of rotatable bonds is 5. The van der Waals surface area contributed by atoms with Crippen LogP contribution in [0.1, 0.15) is 26.3 Å². The van der Waals surface area contributed by atoms with Crippen molar-refractivity contribution in [3.8, 4) is 0 Å². The summed E-state index contributed by atoms with van der Waals surface area (Å²) in [6.07, 6.45) is 0. The maximum Gasteiger partial charge on any atom is 0.137 e. The summed E-state index contributed by atoms with van der Waals surface area (Å²) in [5.74, 6) is 0.451. The Balaban J connectivity index is 2.75. The third-order valence-electron chi connectivity index (χ3n) is 2.63. The van der Waals surface area contributed by atoms with E-state index in [1.165, 1.54) is 0 Å². The van der Waals surface area contributed by atoms with E-state index in [4.69, 9.17) is 0 Å². The monoisotopic (exact) mass is 241 g/mol. The first-order valence-corrected chi connectivity index (χ1v) is 6.52. The predicted octanol–water partition coefficient (Wildman–Crippen LogP) is 3.68. The second-order valence-corrected chi connectivity index (χ2v) is 5.78. The van der Waals surface area contributed by atoms with Crippen LogP contribution in [0.25, 0.3) is 0 Å². The first-order chi connectivity index (χ1) is 7.54. The van der Waals surface area contributed by atoms with Crippen molar-refractivity contribution in [2.24, 2.45) is 5.92 Å². The molecular formula is C13H20FNS. The van der Waals surface area contributed by atoms with Gasteiger partial charge >= 0.3 is 0 Å². The molecule has 16 heavy (non-hydrogen) atoms. The molecule has 0 aliphatic carbocycles. The van der Waals surface area contributed by atoms with Crippen molar-refractivity contribution in [2.45, 2.75) is 37.5 Å². The van der Waals surface area contributed by atoms with Crippen molar-refractivity contribution in [2.75, 3.05) is 7.05 Å². The maximum atomic E-state index is 13.7. The highest BCUT2D eigenvalue weighted by atomic mass is 32.2. The summed E-state index contributed by atoms with van der Waals surface area (Å²) in [6.45, 7) is 7.16. The lowest BCUT2D eigenvalue weighted by molar-refractivity contribution is 0.594. The number of thioether (sulfide) groups is 1. The van der Waals surface area contributed by atoms with E-state index in [0.717, 1.165) is 10.5 Å². The van der Waals surface area contributed by atoms with Gasteiger partial charge in [0.25, 0.3) is 0 Å². The lowest BCUT2D eigenvalue weighted by Gasteiger charge is -2.15. The lowest BCUT2D eigenvalue weighted by Crippen LogP contribution is -2.07. The molecule has 90 valence electrons. The predicted molar refractivity (Wildman–Crippen MR) is 69.3 cm³/mol. The Kier molecular flexibility index (Phi) is 5.29. The van der Waals surface area contributed by atoms with Crippen LogP contribution in [0.5, 0.6) is 0 Å². The fraction of sp³-hybridized carbons (Fsp3) is 0.538. The molecule has 1 unspecified atom stereocenters. The van der Waals surface area contributed by atoms with Gasteiger partial charge in [-0.1, -0.05) is 26.8 Å². The molecule has 0 saturated carbocycles. The van der Waals surface area contributed by atoms with E-state index in [-0.39, 0.29) is 5.82 Å². The zero-order chi connectivity index (χ0) is 12.1. The van der Waals surface area contributed by atoms with Crippen LogP contribution in [0, 0.1) is 11.7 Å². The van der Waals surface area contributed by atoms with E-state index in [1.807, 2.05) is 19.2 Å². The average molecular weight is 241 g/mol. The van der Waals surface area contributed by atoms with Crippen molar-refractivity contribution >= 4 is 11.8 Å². The van der Waals surface area contributed by atoms with Crippen LogP contribution in [-0.2, 0) is 6.54 Å². The third kappa shape index (κ3) is 3.80. The summed E-state index contributed by atoms with van der Waals surface area (Å²) in [4.78, 5) is 0.751.